The molecule has 0 saturated carbocycles. The molecule has 0 aliphatic carbocycles. The molecule has 154 valence electrons. The topological polar surface area (TPSA) is 51.5 Å². The molecular weight excluding hydrogens is 364 g/mol. The summed E-state index contributed by atoms with van der Waals surface area (Å²) in [5.74, 6) is 0.193. The summed E-state index contributed by atoms with van der Waals surface area (Å²) in [6.45, 7) is 7.72. The largest absolute Gasteiger partial charge is 0.483 e. The minimum atomic E-state index is -0.127. The Morgan fingerprint density at radius 1 is 1.07 bits per heavy atom. The fourth-order valence-electron chi connectivity index (χ4n) is 5.13. The highest BCUT2D eigenvalue weighted by molar-refractivity contribution is 5.96. The van der Waals surface area contributed by atoms with E-state index in [1.807, 2.05) is 56.0 Å². The van der Waals surface area contributed by atoms with Gasteiger partial charge in [-0.15, -0.1) is 0 Å². The van der Waals surface area contributed by atoms with Gasteiger partial charge in [0.05, 0.1) is 5.54 Å². The van der Waals surface area contributed by atoms with Crippen LogP contribution in [0.15, 0.2) is 35.1 Å². The third-order valence-electron chi connectivity index (χ3n) is 6.51. The molecule has 5 heteroatoms. The molecule has 1 amide bonds. The van der Waals surface area contributed by atoms with Crippen molar-refractivity contribution in [2.75, 3.05) is 13.1 Å². The second-order valence-corrected chi connectivity index (χ2v) is 8.10. The molecule has 0 N–H and O–H groups in total. The van der Waals surface area contributed by atoms with Crippen LogP contribution in [-0.2, 0) is 18.6 Å². The SMILES string of the molecule is CC.Cc1c2n3c(c(OCc4ccccc4)c1=O)C(=O)N1CCCCC3(CC2)C1. The van der Waals surface area contributed by atoms with Crippen molar-refractivity contribution < 1.29 is 9.53 Å². The van der Waals surface area contributed by atoms with Gasteiger partial charge in [0.15, 0.2) is 11.4 Å². The van der Waals surface area contributed by atoms with Crippen molar-refractivity contribution >= 4 is 5.91 Å². The van der Waals surface area contributed by atoms with E-state index in [9.17, 15) is 9.59 Å². The van der Waals surface area contributed by atoms with E-state index in [-0.39, 0.29) is 22.6 Å². The first kappa shape index (κ1) is 19.7. The van der Waals surface area contributed by atoms with Crippen LogP contribution in [0.1, 0.15) is 66.8 Å². The summed E-state index contributed by atoms with van der Waals surface area (Å²) in [7, 11) is 0. The molecule has 5 nitrogen and oxygen atoms in total. The number of carbonyl (C=O) groups excluding carboxylic acids is 1. The maximum Gasteiger partial charge on any atom is 0.274 e. The number of aromatic nitrogens is 1. The zero-order chi connectivity index (χ0) is 20.6. The maximum absolute atomic E-state index is 13.3. The van der Waals surface area contributed by atoms with Gasteiger partial charge >= 0.3 is 0 Å². The fraction of sp³-hybridized carbons (Fsp3) is 0.500. The van der Waals surface area contributed by atoms with Crippen LogP contribution in [0.3, 0.4) is 0 Å². The van der Waals surface area contributed by atoms with Crippen LogP contribution in [0.2, 0.25) is 0 Å². The highest BCUT2D eigenvalue weighted by Crippen LogP contribution is 2.45. The lowest BCUT2D eigenvalue weighted by Gasteiger charge is -2.42. The molecule has 1 spiro atoms. The molecule has 5 rings (SSSR count). The zero-order valence-electron chi connectivity index (χ0n) is 17.7. The molecule has 1 saturated heterocycles. The lowest BCUT2D eigenvalue weighted by molar-refractivity contribution is 0.0582. The summed E-state index contributed by atoms with van der Waals surface area (Å²) in [6, 6.07) is 9.78. The van der Waals surface area contributed by atoms with Crippen molar-refractivity contribution in [2.45, 2.75) is 65.0 Å². The lowest BCUT2D eigenvalue weighted by atomic mass is 9.89. The van der Waals surface area contributed by atoms with Crippen molar-refractivity contribution in [3.63, 3.8) is 0 Å². The average molecular weight is 395 g/mol. The fourth-order valence-corrected chi connectivity index (χ4v) is 5.13. The predicted molar refractivity (Wildman–Crippen MR) is 114 cm³/mol. The second kappa shape index (κ2) is 7.69. The molecule has 4 heterocycles. The van der Waals surface area contributed by atoms with Gasteiger partial charge in [0.2, 0.25) is 5.43 Å². The van der Waals surface area contributed by atoms with E-state index in [1.165, 1.54) is 0 Å². The molecule has 1 unspecified atom stereocenters. The van der Waals surface area contributed by atoms with Crippen molar-refractivity contribution in [3.8, 4) is 5.75 Å². The monoisotopic (exact) mass is 394 g/mol. The molecule has 1 aromatic carbocycles. The van der Waals surface area contributed by atoms with Gasteiger partial charge in [0, 0.05) is 24.3 Å². The Hall–Kier alpha value is -2.56. The molecule has 29 heavy (non-hydrogen) atoms. The average Bonchev–Trinajstić information content (AvgIpc) is 3.00. The van der Waals surface area contributed by atoms with Gasteiger partial charge in [0.25, 0.3) is 5.91 Å². The van der Waals surface area contributed by atoms with Crippen LogP contribution in [0.5, 0.6) is 5.75 Å². The first-order chi connectivity index (χ1) is 14.1. The van der Waals surface area contributed by atoms with Crippen LogP contribution >= 0.6 is 0 Å². The summed E-state index contributed by atoms with van der Waals surface area (Å²) in [5.41, 5.74) is 3.07. The third kappa shape index (κ3) is 3.07. The first-order valence-corrected chi connectivity index (χ1v) is 10.9. The van der Waals surface area contributed by atoms with Gasteiger partial charge in [-0.1, -0.05) is 44.2 Å². The minimum Gasteiger partial charge on any atom is -0.483 e. The Labute approximate surface area is 172 Å². The van der Waals surface area contributed by atoms with E-state index in [1.54, 1.807) is 0 Å². The standard InChI is InChI=1S/C22H24N2O3.C2H6/c1-15-17-9-11-22-10-5-6-12-23(14-22)21(26)18(24(17)22)20(19(15)25)27-13-16-7-3-2-4-8-16;1-2/h2-4,7-8H,5-6,9-14H2,1H3;1-2H3. The predicted octanol–water partition coefficient (Wildman–Crippen LogP) is 4.04. The van der Waals surface area contributed by atoms with Crippen LogP contribution < -0.4 is 10.2 Å². The van der Waals surface area contributed by atoms with Gasteiger partial charge in [-0.05, 0) is 44.6 Å². The normalized spacial score (nSPS) is 21.8. The number of ether oxygens (including phenoxy) is 1. The van der Waals surface area contributed by atoms with Crippen LogP contribution in [0.25, 0.3) is 0 Å². The molecule has 1 atom stereocenters. The van der Waals surface area contributed by atoms with E-state index in [0.29, 0.717) is 12.3 Å². The smallest absolute Gasteiger partial charge is 0.274 e. The van der Waals surface area contributed by atoms with E-state index in [4.69, 9.17) is 4.74 Å². The number of amides is 1. The lowest BCUT2D eigenvalue weighted by Crippen LogP contribution is -2.52. The molecule has 1 fully saturated rings. The summed E-state index contributed by atoms with van der Waals surface area (Å²) < 4.78 is 8.23. The number of rotatable bonds is 3. The molecule has 1 aromatic heterocycles. The Bertz CT molecular complexity index is 980. The summed E-state index contributed by atoms with van der Waals surface area (Å²) in [4.78, 5) is 28.3. The third-order valence-corrected chi connectivity index (χ3v) is 6.51. The van der Waals surface area contributed by atoms with Gasteiger partial charge in [-0.3, -0.25) is 9.59 Å². The molecule has 0 radical (unpaired) electrons. The van der Waals surface area contributed by atoms with Crippen molar-refractivity contribution in [1.82, 2.24) is 9.47 Å². The molecule has 2 aromatic rings. The van der Waals surface area contributed by atoms with Gasteiger partial charge < -0.3 is 14.2 Å². The van der Waals surface area contributed by atoms with Crippen LogP contribution in [0, 0.1) is 6.92 Å². The maximum atomic E-state index is 13.3. The Morgan fingerprint density at radius 3 is 2.59 bits per heavy atom. The Kier molecular flexibility index (Phi) is 5.24. The highest BCUT2D eigenvalue weighted by atomic mass is 16.5. The highest BCUT2D eigenvalue weighted by Gasteiger charge is 2.49. The summed E-state index contributed by atoms with van der Waals surface area (Å²) >= 11 is 0. The van der Waals surface area contributed by atoms with Gasteiger partial charge in [-0.2, -0.15) is 0 Å². The molecule has 3 aliphatic rings. The molecule has 2 bridgehead atoms. The van der Waals surface area contributed by atoms with Crippen molar-refractivity contribution in [1.29, 1.82) is 0 Å². The Morgan fingerprint density at radius 2 is 1.83 bits per heavy atom. The van der Waals surface area contributed by atoms with E-state index < -0.39 is 0 Å². The second-order valence-electron chi connectivity index (χ2n) is 8.10. The van der Waals surface area contributed by atoms with E-state index in [0.717, 1.165) is 62.0 Å². The minimum absolute atomic E-state index is 0.0455. The number of carbonyl (C=O) groups is 1. The number of hydrogen-bond donors (Lipinski definition) is 0. The quantitative estimate of drug-likeness (QED) is 0.789. The number of benzene rings is 1. The number of nitrogens with zero attached hydrogens (tertiary/aromatic N) is 2. The van der Waals surface area contributed by atoms with Crippen molar-refractivity contribution in [3.05, 3.63) is 63.1 Å². The van der Waals surface area contributed by atoms with E-state index in [2.05, 4.69) is 4.57 Å². The number of fused-ring (bicyclic) bond motifs is 1. The van der Waals surface area contributed by atoms with E-state index >= 15 is 0 Å². The zero-order valence-corrected chi connectivity index (χ0v) is 17.7. The van der Waals surface area contributed by atoms with Gasteiger partial charge in [-0.25, -0.2) is 0 Å². The number of pyridine rings is 1. The number of hydrogen-bond acceptors (Lipinski definition) is 3. The summed E-state index contributed by atoms with van der Waals surface area (Å²) in [5, 5.41) is 0. The van der Waals surface area contributed by atoms with Gasteiger partial charge in [0.1, 0.15) is 6.61 Å². The molecular formula is C24H30N2O3. The van der Waals surface area contributed by atoms with Crippen LogP contribution in [0.4, 0.5) is 0 Å². The van der Waals surface area contributed by atoms with Crippen LogP contribution in [-0.4, -0.2) is 28.5 Å². The van der Waals surface area contributed by atoms with Crippen molar-refractivity contribution in [2.24, 2.45) is 0 Å². The summed E-state index contributed by atoms with van der Waals surface area (Å²) in [6.07, 6.45) is 5.09. The Balaban J connectivity index is 0.000000994. The first-order valence-electron chi connectivity index (χ1n) is 10.9. The molecule has 3 aliphatic heterocycles.